The normalized spacial score (nSPS) is 15.7. The van der Waals surface area contributed by atoms with E-state index in [0.29, 0.717) is 0 Å². The minimum atomic E-state index is 0.887. The molecule has 0 saturated heterocycles. The van der Waals surface area contributed by atoms with E-state index in [1.807, 2.05) is 0 Å². The van der Waals surface area contributed by atoms with Crippen LogP contribution < -0.4 is 4.57 Å². The van der Waals surface area contributed by atoms with Gasteiger partial charge in [0.2, 0.25) is 0 Å². The minimum absolute atomic E-state index is 0.887. The summed E-state index contributed by atoms with van der Waals surface area (Å²) in [4.78, 5) is 0. The summed E-state index contributed by atoms with van der Waals surface area (Å²) in [5.74, 6) is 2.57. The Bertz CT molecular complexity index is 780. The van der Waals surface area contributed by atoms with Gasteiger partial charge in [0.05, 0.1) is 19.2 Å². The van der Waals surface area contributed by atoms with Gasteiger partial charge in [0.15, 0.2) is 11.0 Å². The van der Waals surface area contributed by atoms with Crippen LogP contribution in [0, 0.1) is 31.6 Å². The Hall–Kier alpha value is -2.09. The monoisotopic (exact) mass is 286 g/mol. The van der Waals surface area contributed by atoms with Crippen LogP contribution in [0.2, 0.25) is 0 Å². The van der Waals surface area contributed by atoms with Gasteiger partial charge in [0.1, 0.15) is 0 Å². The number of hydrogen-bond donors (Lipinski definition) is 0. The second kappa shape index (κ2) is 5.60. The molecular weight excluding hydrogens is 268 g/mol. The maximum Gasteiger partial charge on any atom is 0.289 e. The predicted octanol–water partition coefficient (Wildman–Crippen LogP) is 3.54. The maximum atomic E-state index is 2.40. The Labute approximate surface area is 132 Å². The lowest BCUT2D eigenvalue weighted by atomic mass is 10.1. The minimum Gasteiger partial charge on any atom is -0.226 e. The Balaban J connectivity index is 1.91. The zero-order chi connectivity index (χ0) is 14.9. The van der Waals surface area contributed by atoms with E-state index in [1.165, 1.54) is 28.3 Å². The summed E-state index contributed by atoms with van der Waals surface area (Å²) in [6.45, 7) is 0.887. The number of benzene rings is 2. The number of rotatable bonds is 3. The van der Waals surface area contributed by atoms with Gasteiger partial charge < -0.3 is 0 Å². The third kappa shape index (κ3) is 2.23. The molecule has 1 fully saturated rings. The van der Waals surface area contributed by atoms with Crippen LogP contribution in [0.3, 0.4) is 0 Å². The summed E-state index contributed by atoms with van der Waals surface area (Å²) >= 11 is 0. The Kier molecular flexibility index (Phi) is 3.45. The fourth-order valence-corrected chi connectivity index (χ4v) is 3.18. The zero-order valence-corrected chi connectivity index (χ0v) is 12.6. The molecule has 0 atom stereocenters. The standard InChI is InChI=1S/C20H18N2/c1-21-18-13-7-8-14-19(18)22(15-16-9-5-6-10-16)20(21)17-11-3-2-4-12-17/h2-14H,15H2,1H3/q+1. The van der Waals surface area contributed by atoms with Crippen LogP contribution in [0.15, 0.2) is 54.6 Å². The van der Waals surface area contributed by atoms with Crippen LogP contribution in [0.25, 0.3) is 22.4 Å². The fraction of sp³-hybridized carbons (Fsp3) is 0.100. The fourth-order valence-electron chi connectivity index (χ4n) is 3.18. The van der Waals surface area contributed by atoms with Crippen LogP contribution in [-0.2, 0) is 13.6 Å². The van der Waals surface area contributed by atoms with Crippen molar-refractivity contribution in [2.24, 2.45) is 7.05 Å². The number of imidazole rings is 1. The van der Waals surface area contributed by atoms with Crippen molar-refractivity contribution in [3.8, 4) is 11.4 Å². The van der Waals surface area contributed by atoms with Crippen LogP contribution in [0.4, 0.5) is 0 Å². The van der Waals surface area contributed by atoms with E-state index in [2.05, 4.69) is 96.5 Å². The van der Waals surface area contributed by atoms with E-state index < -0.39 is 0 Å². The number of nitrogens with zero attached hydrogens (tertiary/aromatic N) is 2. The molecule has 2 aromatic carbocycles. The smallest absolute Gasteiger partial charge is 0.226 e. The molecule has 2 nitrogen and oxygen atoms in total. The summed E-state index contributed by atoms with van der Waals surface area (Å²) in [6.07, 6.45) is 8.57. The van der Waals surface area contributed by atoms with Gasteiger partial charge in [-0.2, -0.15) is 0 Å². The first-order valence-corrected chi connectivity index (χ1v) is 7.58. The average molecular weight is 286 g/mol. The summed E-state index contributed by atoms with van der Waals surface area (Å²) in [5.41, 5.74) is 3.77. The lowest BCUT2D eigenvalue weighted by Gasteiger charge is -2.08. The van der Waals surface area contributed by atoms with Crippen LogP contribution in [-0.4, -0.2) is 4.57 Å². The van der Waals surface area contributed by atoms with Gasteiger partial charge in [-0.05, 0) is 49.9 Å². The number of aromatic nitrogens is 2. The van der Waals surface area contributed by atoms with Crippen molar-refractivity contribution in [1.29, 1.82) is 0 Å². The molecule has 1 aromatic heterocycles. The quantitative estimate of drug-likeness (QED) is 0.651. The highest BCUT2D eigenvalue weighted by molar-refractivity contribution is 5.76. The molecule has 107 valence electrons. The summed E-state index contributed by atoms with van der Waals surface area (Å²) < 4.78 is 4.69. The number of hydrogen-bond acceptors (Lipinski definition) is 0. The highest BCUT2D eigenvalue weighted by Gasteiger charge is 2.28. The molecule has 22 heavy (non-hydrogen) atoms. The van der Waals surface area contributed by atoms with Gasteiger partial charge >= 0.3 is 0 Å². The summed E-state index contributed by atoms with van der Waals surface area (Å²) in [7, 11) is 2.14. The molecule has 0 aliphatic heterocycles. The molecule has 1 heterocycles. The van der Waals surface area contributed by atoms with Gasteiger partial charge in [-0.15, -0.1) is 0 Å². The van der Waals surface area contributed by atoms with Gasteiger partial charge in [-0.1, -0.05) is 30.3 Å². The van der Waals surface area contributed by atoms with E-state index in [9.17, 15) is 0 Å². The summed E-state index contributed by atoms with van der Waals surface area (Å²) in [6, 6.07) is 19.2. The van der Waals surface area contributed by atoms with Crippen LogP contribution >= 0.6 is 0 Å². The van der Waals surface area contributed by atoms with Crippen molar-refractivity contribution in [3.63, 3.8) is 0 Å². The van der Waals surface area contributed by atoms with Gasteiger partial charge in [-0.3, -0.25) is 0 Å². The van der Waals surface area contributed by atoms with Crippen molar-refractivity contribution in [3.05, 3.63) is 86.2 Å². The van der Waals surface area contributed by atoms with Crippen molar-refractivity contribution in [2.75, 3.05) is 0 Å². The molecule has 0 N–H and O–H groups in total. The van der Waals surface area contributed by atoms with E-state index in [0.717, 1.165) is 6.54 Å². The number of fused-ring (bicyclic) bond motifs is 1. The Morgan fingerprint density at radius 2 is 1.55 bits per heavy atom. The molecule has 1 aliphatic carbocycles. The van der Waals surface area contributed by atoms with E-state index in [-0.39, 0.29) is 0 Å². The maximum absolute atomic E-state index is 2.40. The lowest BCUT2D eigenvalue weighted by Crippen LogP contribution is -2.30. The zero-order valence-electron chi connectivity index (χ0n) is 12.6. The van der Waals surface area contributed by atoms with E-state index in [4.69, 9.17) is 0 Å². The van der Waals surface area contributed by atoms with Crippen molar-refractivity contribution >= 4 is 11.0 Å². The Morgan fingerprint density at radius 3 is 2.32 bits per heavy atom. The molecule has 5 radical (unpaired) electrons. The lowest BCUT2D eigenvalue weighted by molar-refractivity contribution is -0.634. The molecule has 0 amide bonds. The molecule has 2 heteroatoms. The molecule has 0 unspecified atom stereocenters. The third-order valence-corrected chi connectivity index (χ3v) is 4.21. The van der Waals surface area contributed by atoms with Crippen molar-refractivity contribution < 1.29 is 4.57 Å². The number of para-hydroxylation sites is 2. The van der Waals surface area contributed by atoms with Crippen molar-refractivity contribution in [1.82, 2.24) is 4.57 Å². The first-order valence-electron chi connectivity index (χ1n) is 7.58. The first kappa shape index (κ1) is 13.6. The molecule has 1 aliphatic rings. The molecule has 1 saturated carbocycles. The highest BCUT2D eigenvalue weighted by atomic mass is 15.2. The van der Waals surface area contributed by atoms with Gasteiger partial charge in [0, 0.05) is 5.92 Å². The number of aryl methyl sites for hydroxylation is 1. The SMILES string of the molecule is C[n+]1c(-c2ccccc2)n(C[C]2[CH][CH][CH][CH]2)c2ccccc21. The molecular formula is C20H18N2+. The first-order chi connectivity index (χ1) is 10.8. The van der Waals surface area contributed by atoms with Gasteiger partial charge in [0.25, 0.3) is 5.82 Å². The average Bonchev–Trinajstić information content (AvgIpc) is 3.17. The summed E-state index contributed by atoms with van der Waals surface area (Å²) in [5, 5.41) is 0. The second-order valence-corrected chi connectivity index (χ2v) is 5.62. The van der Waals surface area contributed by atoms with Crippen molar-refractivity contribution in [2.45, 2.75) is 6.54 Å². The van der Waals surface area contributed by atoms with Crippen LogP contribution in [0.5, 0.6) is 0 Å². The topological polar surface area (TPSA) is 8.81 Å². The predicted molar refractivity (Wildman–Crippen MR) is 89.0 cm³/mol. The van der Waals surface area contributed by atoms with Crippen LogP contribution in [0.1, 0.15) is 0 Å². The molecule has 3 aromatic rings. The largest absolute Gasteiger partial charge is 0.289 e. The highest BCUT2D eigenvalue weighted by Crippen LogP contribution is 2.29. The second-order valence-electron chi connectivity index (χ2n) is 5.62. The van der Waals surface area contributed by atoms with E-state index >= 15 is 0 Å². The van der Waals surface area contributed by atoms with Gasteiger partial charge in [-0.25, -0.2) is 9.13 Å². The molecule has 0 spiro atoms. The van der Waals surface area contributed by atoms with E-state index in [1.54, 1.807) is 0 Å². The molecule has 0 bridgehead atoms. The Morgan fingerprint density at radius 1 is 0.864 bits per heavy atom. The third-order valence-electron chi connectivity index (χ3n) is 4.21. The molecule has 4 rings (SSSR count).